The first-order valence-corrected chi connectivity index (χ1v) is 15.3. The fraction of sp³-hybridized carbons (Fsp3) is 0.448. The van der Waals surface area contributed by atoms with Gasteiger partial charge in [0.25, 0.3) is 5.91 Å². The number of aliphatic hydroxyl groups excluding tert-OH is 3. The first-order valence-electron chi connectivity index (χ1n) is 13.4. The first kappa shape index (κ1) is 32.8. The van der Waals surface area contributed by atoms with Gasteiger partial charge in [-0.05, 0) is 76.9 Å². The first-order chi connectivity index (χ1) is 20.2. The summed E-state index contributed by atoms with van der Waals surface area (Å²) in [6.07, 6.45) is -0.254. The number of ether oxygens (including phenoxy) is 3. The third-order valence-electron chi connectivity index (χ3n) is 7.18. The molecule has 1 heterocycles. The zero-order chi connectivity index (χ0) is 30.4. The highest BCUT2D eigenvalue weighted by Gasteiger charge is 2.43. The molecule has 2 aliphatic rings. The van der Waals surface area contributed by atoms with Crippen molar-refractivity contribution in [3.63, 3.8) is 0 Å². The Morgan fingerprint density at radius 2 is 2.00 bits per heavy atom. The molecular weight excluding hydrogens is 702 g/mol. The molecule has 0 radical (unpaired) electrons. The lowest BCUT2D eigenvalue weighted by Crippen LogP contribution is -2.56. The lowest BCUT2D eigenvalue weighted by atomic mass is 9.87. The monoisotopic (exact) mass is 734 g/mol. The zero-order valence-corrected chi connectivity index (χ0v) is 26.6. The predicted octanol–water partition coefficient (Wildman–Crippen LogP) is 3.22. The van der Waals surface area contributed by atoms with Gasteiger partial charge >= 0.3 is 0 Å². The van der Waals surface area contributed by atoms with Crippen LogP contribution in [-0.4, -0.2) is 83.3 Å². The summed E-state index contributed by atoms with van der Waals surface area (Å²) in [6, 6.07) is 7.40. The summed E-state index contributed by atoms with van der Waals surface area (Å²) in [5.74, 6) is -0.150. The molecule has 0 spiro atoms. The van der Waals surface area contributed by atoms with Gasteiger partial charge in [0, 0.05) is 41.7 Å². The molecule has 4 N–H and O–H groups in total. The van der Waals surface area contributed by atoms with Crippen molar-refractivity contribution in [3.05, 3.63) is 66.7 Å². The van der Waals surface area contributed by atoms with Gasteiger partial charge in [0.05, 0.1) is 29.9 Å². The molecule has 0 bridgehead atoms. The van der Waals surface area contributed by atoms with Crippen molar-refractivity contribution >= 4 is 57.6 Å². The van der Waals surface area contributed by atoms with Crippen molar-refractivity contribution in [2.24, 2.45) is 0 Å². The second-order valence-electron chi connectivity index (χ2n) is 9.99. The summed E-state index contributed by atoms with van der Waals surface area (Å²) in [6.45, 7) is 0.0460. The molecule has 1 saturated heterocycles. The number of aliphatic hydroxyl groups is 3. The van der Waals surface area contributed by atoms with E-state index in [4.69, 9.17) is 37.4 Å². The summed E-state index contributed by atoms with van der Waals surface area (Å²) in [4.78, 5) is 28.5. The lowest BCUT2D eigenvalue weighted by Gasteiger charge is -2.41. The van der Waals surface area contributed by atoms with Crippen LogP contribution >= 0.6 is 45.8 Å². The Bertz CT molecular complexity index is 1320. The third-order valence-corrected chi connectivity index (χ3v) is 8.57. The van der Waals surface area contributed by atoms with E-state index in [0.29, 0.717) is 49.3 Å². The van der Waals surface area contributed by atoms with E-state index < -0.39 is 30.3 Å². The minimum absolute atomic E-state index is 0.0135. The van der Waals surface area contributed by atoms with Gasteiger partial charge in [0.1, 0.15) is 18.3 Å². The largest absolute Gasteiger partial charge is 0.493 e. The topological polar surface area (TPSA) is 138 Å². The van der Waals surface area contributed by atoms with Crippen molar-refractivity contribution in [1.82, 2.24) is 10.2 Å². The third kappa shape index (κ3) is 7.68. The maximum absolute atomic E-state index is 13.9. The maximum Gasteiger partial charge on any atom is 0.252 e. The minimum Gasteiger partial charge on any atom is -0.493 e. The molecule has 1 aliphatic heterocycles. The summed E-state index contributed by atoms with van der Waals surface area (Å²) in [7, 11) is 1.46. The average molecular weight is 735 g/mol. The number of carbonyl (C=O) groups excluding carboxylic acids is 2. The molecule has 13 heteroatoms. The summed E-state index contributed by atoms with van der Waals surface area (Å²) < 4.78 is 18.1. The number of nitrogens with zero attached hydrogens (tertiary/aromatic N) is 1. The molecule has 10 nitrogen and oxygen atoms in total. The van der Waals surface area contributed by atoms with E-state index in [2.05, 4.69) is 5.32 Å². The van der Waals surface area contributed by atoms with E-state index >= 15 is 0 Å². The van der Waals surface area contributed by atoms with Crippen LogP contribution in [0, 0.1) is 3.57 Å². The number of amides is 2. The lowest BCUT2D eigenvalue weighted by molar-refractivity contribution is -0.149. The molecule has 2 aromatic rings. The molecule has 2 amide bonds. The van der Waals surface area contributed by atoms with Crippen LogP contribution in [0.25, 0.3) is 0 Å². The quantitative estimate of drug-likeness (QED) is 0.259. The Morgan fingerprint density at radius 3 is 2.64 bits per heavy atom. The Balaban J connectivity index is 1.75. The van der Waals surface area contributed by atoms with E-state index in [1.54, 1.807) is 30.3 Å². The van der Waals surface area contributed by atoms with E-state index in [1.807, 2.05) is 22.6 Å². The number of benzene rings is 2. The highest BCUT2D eigenvalue weighted by Crippen LogP contribution is 2.38. The molecule has 42 heavy (non-hydrogen) atoms. The normalized spacial score (nSPS) is 21.9. The number of hydrogen-bond acceptors (Lipinski definition) is 8. The standard InChI is InChI=1S/C29H33Cl2IN2O8/c1-40-25-10-16(15-36)9-21(32)27(25)42-24-12-18(28(38)33-6-7-35)11-22(26(24)37)34(29(39)23-3-2-8-41-23)14-17-4-5-19(30)13-20(17)31/h4-5,9-10,12-13,22-24,26,35-37H,2-3,6-8,11,14-15H2,1H3,(H,33,38). The Morgan fingerprint density at radius 1 is 1.21 bits per heavy atom. The van der Waals surface area contributed by atoms with E-state index in [0.717, 1.165) is 6.42 Å². The zero-order valence-electron chi connectivity index (χ0n) is 22.9. The maximum atomic E-state index is 13.9. The van der Waals surface area contributed by atoms with Crippen molar-refractivity contribution < 1.29 is 39.1 Å². The van der Waals surface area contributed by atoms with Gasteiger partial charge < -0.3 is 39.7 Å². The van der Waals surface area contributed by atoms with E-state index in [9.17, 15) is 24.9 Å². The molecule has 1 aliphatic carbocycles. The van der Waals surface area contributed by atoms with Crippen LogP contribution in [0.5, 0.6) is 11.5 Å². The number of carbonyl (C=O) groups is 2. The number of rotatable bonds is 11. The molecule has 2 aromatic carbocycles. The van der Waals surface area contributed by atoms with Crippen LogP contribution in [0.3, 0.4) is 0 Å². The van der Waals surface area contributed by atoms with Gasteiger partial charge in [-0.2, -0.15) is 0 Å². The molecule has 4 atom stereocenters. The van der Waals surface area contributed by atoms with Crippen LogP contribution in [0.4, 0.5) is 0 Å². The van der Waals surface area contributed by atoms with Gasteiger partial charge in [-0.3, -0.25) is 9.59 Å². The van der Waals surface area contributed by atoms with Crippen molar-refractivity contribution in [2.75, 3.05) is 26.9 Å². The number of hydrogen-bond donors (Lipinski definition) is 4. The fourth-order valence-corrected chi connectivity index (χ4v) is 6.31. The van der Waals surface area contributed by atoms with Crippen LogP contribution in [0.2, 0.25) is 10.0 Å². The van der Waals surface area contributed by atoms with E-state index in [-0.39, 0.29) is 44.2 Å². The summed E-state index contributed by atoms with van der Waals surface area (Å²) in [5.41, 5.74) is 1.49. The van der Waals surface area contributed by atoms with Gasteiger partial charge in [-0.15, -0.1) is 0 Å². The molecule has 0 aromatic heterocycles. The Kier molecular flexibility index (Phi) is 11.7. The molecule has 4 unspecified atom stereocenters. The summed E-state index contributed by atoms with van der Waals surface area (Å²) >= 11 is 14.6. The minimum atomic E-state index is -1.27. The van der Waals surface area contributed by atoms with Crippen LogP contribution < -0.4 is 14.8 Å². The Hall–Kier alpha value is -2.13. The average Bonchev–Trinajstić information content (AvgIpc) is 3.52. The van der Waals surface area contributed by atoms with Gasteiger partial charge in [0.15, 0.2) is 11.5 Å². The fourth-order valence-electron chi connectivity index (χ4n) is 5.04. The number of halogens is 3. The van der Waals surface area contributed by atoms with Crippen molar-refractivity contribution in [2.45, 2.75) is 56.8 Å². The molecule has 0 saturated carbocycles. The molecule has 228 valence electrons. The van der Waals surface area contributed by atoms with Gasteiger partial charge in [-0.1, -0.05) is 29.3 Å². The van der Waals surface area contributed by atoms with E-state index in [1.165, 1.54) is 18.1 Å². The van der Waals surface area contributed by atoms with Crippen molar-refractivity contribution in [1.29, 1.82) is 0 Å². The second-order valence-corrected chi connectivity index (χ2v) is 12.0. The Labute approximate surface area is 267 Å². The predicted molar refractivity (Wildman–Crippen MR) is 165 cm³/mol. The molecule has 4 rings (SSSR count). The smallest absolute Gasteiger partial charge is 0.252 e. The summed E-state index contributed by atoms with van der Waals surface area (Å²) in [5, 5.41) is 34.1. The van der Waals surface area contributed by atoms with Crippen molar-refractivity contribution in [3.8, 4) is 11.5 Å². The molecule has 1 fully saturated rings. The molecular formula is C29H33Cl2IN2O8. The van der Waals surface area contributed by atoms with Crippen LogP contribution in [-0.2, 0) is 27.5 Å². The van der Waals surface area contributed by atoms with Gasteiger partial charge in [0.2, 0.25) is 5.91 Å². The number of methoxy groups -OCH3 is 1. The van der Waals surface area contributed by atoms with Crippen LogP contribution in [0.15, 0.2) is 42.0 Å². The van der Waals surface area contributed by atoms with Gasteiger partial charge in [-0.25, -0.2) is 0 Å². The SMILES string of the molecule is COc1cc(CO)cc(I)c1OC1C=C(C(=O)NCCO)CC(N(Cc2ccc(Cl)cc2Cl)C(=O)C2CCCO2)C1O. The number of nitrogens with one attached hydrogen (secondary N) is 1. The van der Waals surface area contributed by atoms with Crippen LogP contribution in [0.1, 0.15) is 30.4 Å². The highest BCUT2D eigenvalue weighted by molar-refractivity contribution is 14.1. The second kappa shape index (κ2) is 15.0. The highest BCUT2D eigenvalue weighted by atomic mass is 127.